The number of rotatable bonds is 3. The predicted molar refractivity (Wildman–Crippen MR) is 67.0 cm³/mol. The summed E-state index contributed by atoms with van der Waals surface area (Å²) in [5.74, 6) is -1.04. The highest BCUT2D eigenvalue weighted by Crippen LogP contribution is 2.42. The highest BCUT2D eigenvalue weighted by molar-refractivity contribution is 6.06. The zero-order valence-electron chi connectivity index (χ0n) is 10.5. The van der Waals surface area contributed by atoms with Crippen molar-refractivity contribution in [3.05, 3.63) is 24.3 Å². The van der Waals surface area contributed by atoms with Gasteiger partial charge >= 0.3 is 6.18 Å². The Kier molecular flexibility index (Phi) is 3.43. The van der Waals surface area contributed by atoms with Crippen molar-refractivity contribution in [2.45, 2.75) is 37.9 Å². The molecule has 2 N–H and O–H groups in total. The fraction of sp³-hybridized carbons (Fsp3) is 0.462. The molecule has 1 aliphatic heterocycles. The van der Waals surface area contributed by atoms with Crippen LogP contribution in [0.5, 0.6) is 0 Å². The molecule has 0 fully saturated rings. The summed E-state index contributed by atoms with van der Waals surface area (Å²) < 4.78 is 40.0. The lowest BCUT2D eigenvalue weighted by Crippen LogP contribution is -2.62. The molecule has 1 unspecified atom stereocenters. The Bertz CT molecular complexity index is 487. The Morgan fingerprint density at radius 1 is 1.21 bits per heavy atom. The molecule has 1 heterocycles. The van der Waals surface area contributed by atoms with Gasteiger partial charge in [0.05, 0.1) is 11.4 Å². The molecule has 0 saturated carbocycles. The maximum atomic E-state index is 13.3. The first-order valence-corrected chi connectivity index (χ1v) is 6.16. The molecule has 3 nitrogen and oxygen atoms in total. The van der Waals surface area contributed by atoms with Crippen molar-refractivity contribution in [1.82, 2.24) is 0 Å². The normalized spacial score (nSPS) is 22.4. The number of anilines is 2. The summed E-state index contributed by atoms with van der Waals surface area (Å²) in [6.45, 7) is 1.79. The number of para-hydroxylation sites is 2. The molecule has 0 spiro atoms. The van der Waals surface area contributed by atoms with Gasteiger partial charge in [0.15, 0.2) is 0 Å². The molecule has 1 aromatic rings. The highest BCUT2D eigenvalue weighted by Gasteiger charge is 2.61. The number of hydrogen-bond donors (Lipinski definition) is 2. The number of alkyl halides is 3. The third-order valence-electron chi connectivity index (χ3n) is 3.30. The summed E-state index contributed by atoms with van der Waals surface area (Å²) in [4.78, 5) is 11.9. The number of halogens is 3. The largest absolute Gasteiger partial charge is 0.420 e. The molecule has 0 saturated heterocycles. The summed E-state index contributed by atoms with van der Waals surface area (Å²) >= 11 is 0. The standard InChI is InChI=1S/C13H15F3N2O/c1-2-3-8-12(13(14,15)16)11(19)17-9-6-4-5-7-10(9)18-12/h4-7,18H,2-3,8H2,1H3,(H,17,19). The van der Waals surface area contributed by atoms with Crippen LogP contribution >= 0.6 is 0 Å². The molecule has 0 aliphatic carbocycles. The molecule has 1 amide bonds. The van der Waals surface area contributed by atoms with Gasteiger partial charge in [-0.15, -0.1) is 0 Å². The van der Waals surface area contributed by atoms with Crippen molar-refractivity contribution < 1.29 is 18.0 Å². The maximum absolute atomic E-state index is 13.3. The van der Waals surface area contributed by atoms with Crippen LogP contribution in [0.4, 0.5) is 24.5 Å². The van der Waals surface area contributed by atoms with Gasteiger partial charge in [-0.25, -0.2) is 0 Å². The summed E-state index contributed by atoms with van der Waals surface area (Å²) in [6.07, 6.45) is -4.00. The number of hydrogen-bond acceptors (Lipinski definition) is 2. The van der Waals surface area contributed by atoms with Crippen LogP contribution in [0.15, 0.2) is 24.3 Å². The van der Waals surface area contributed by atoms with Crippen LogP contribution in [-0.2, 0) is 4.79 Å². The summed E-state index contributed by atoms with van der Waals surface area (Å²) in [5, 5.41) is 4.74. The molecular weight excluding hydrogens is 257 g/mol. The zero-order valence-corrected chi connectivity index (χ0v) is 10.5. The van der Waals surface area contributed by atoms with E-state index in [1.807, 2.05) is 0 Å². The molecule has 1 atom stereocenters. The Hall–Kier alpha value is -1.72. The average Bonchev–Trinajstić information content (AvgIpc) is 2.35. The first kappa shape index (κ1) is 13.7. The SMILES string of the molecule is CCCCC1(C(F)(F)F)Nc2ccccc2NC1=O. The first-order valence-electron chi connectivity index (χ1n) is 6.16. The third-order valence-corrected chi connectivity index (χ3v) is 3.30. The van der Waals surface area contributed by atoms with E-state index in [-0.39, 0.29) is 6.42 Å². The number of carbonyl (C=O) groups is 1. The van der Waals surface area contributed by atoms with Crippen molar-refractivity contribution >= 4 is 17.3 Å². The van der Waals surface area contributed by atoms with Crippen molar-refractivity contribution in [3.63, 3.8) is 0 Å². The van der Waals surface area contributed by atoms with Crippen molar-refractivity contribution in [1.29, 1.82) is 0 Å². The van der Waals surface area contributed by atoms with E-state index < -0.39 is 17.6 Å². The molecule has 0 bridgehead atoms. The molecule has 0 radical (unpaired) electrons. The predicted octanol–water partition coefficient (Wildman–Crippen LogP) is 3.54. The number of amides is 1. The molecule has 1 aromatic carbocycles. The van der Waals surface area contributed by atoms with Gasteiger partial charge in [-0.05, 0) is 18.6 Å². The Morgan fingerprint density at radius 2 is 1.84 bits per heavy atom. The smallest absolute Gasteiger partial charge is 0.362 e. The zero-order chi connectivity index (χ0) is 14.1. The second-order valence-corrected chi connectivity index (χ2v) is 4.63. The van der Waals surface area contributed by atoms with Crippen LogP contribution < -0.4 is 10.6 Å². The van der Waals surface area contributed by atoms with E-state index in [1.54, 1.807) is 25.1 Å². The van der Waals surface area contributed by atoms with Gasteiger partial charge in [0.2, 0.25) is 5.54 Å². The minimum absolute atomic E-state index is 0.271. The fourth-order valence-electron chi connectivity index (χ4n) is 2.18. The van der Waals surface area contributed by atoms with Gasteiger partial charge < -0.3 is 10.6 Å². The van der Waals surface area contributed by atoms with E-state index in [0.29, 0.717) is 24.2 Å². The van der Waals surface area contributed by atoms with Gasteiger partial charge in [-0.1, -0.05) is 31.9 Å². The van der Waals surface area contributed by atoms with Gasteiger partial charge in [0.25, 0.3) is 5.91 Å². The number of carbonyl (C=O) groups excluding carboxylic acids is 1. The lowest BCUT2D eigenvalue weighted by molar-refractivity contribution is -0.185. The molecule has 0 aromatic heterocycles. The molecular formula is C13H15F3N2O. The summed E-state index contributed by atoms with van der Waals surface area (Å²) in [6, 6.07) is 6.39. The van der Waals surface area contributed by atoms with Crippen molar-refractivity contribution in [2.75, 3.05) is 10.6 Å². The van der Waals surface area contributed by atoms with E-state index in [0.717, 1.165) is 0 Å². The molecule has 104 valence electrons. The van der Waals surface area contributed by atoms with E-state index in [1.165, 1.54) is 6.07 Å². The van der Waals surface area contributed by atoms with Crippen LogP contribution in [0.1, 0.15) is 26.2 Å². The van der Waals surface area contributed by atoms with Gasteiger partial charge in [-0.3, -0.25) is 4.79 Å². The maximum Gasteiger partial charge on any atom is 0.420 e. The molecule has 2 rings (SSSR count). The first-order chi connectivity index (χ1) is 8.90. The Balaban J connectivity index is 2.42. The van der Waals surface area contributed by atoms with E-state index in [2.05, 4.69) is 10.6 Å². The fourth-order valence-corrected chi connectivity index (χ4v) is 2.18. The topological polar surface area (TPSA) is 41.1 Å². The Labute approximate surface area is 109 Å². The second-order valence-electron chi connectivity index (χ2n) is 4.63. The molecule has 6 heteroatoms. The minimum Gasteiger partial charge on any atom is -0.362 e. The van der Waals surface area contributed by atoms with Crippen LogP contribution in [0.2, 0.25) is 0 Å². The van der Waals surface area contributed by atoms with Gasteiger partial charge in [-0.2, -0.15) is 13.2 Å². The van der Waals surface area contributed by atoms with Gasteiger partial charge in [0, 0.05) is 0 Å². The van der Waals surface area contributed by atoms with Gasteiger partial charge in [0.1, 0.15) is 0 Å². The lowest BCUT2D eigenvalue weighted by atomic mass is 9.88. The van der Waals surface area contributed by atoms with Crippen LogP contribution in [0.3, 0.4) is 0 Å². The summed E-state index contributed by atoms with van der Waals surface area (Å²) in [7, 11) is 0. The summed E-state index contributed by atoms with van der Waals surface area (Å²) in [5.41, 5.74) is -1.85. The third kappa shape index (κ3) is 2.27. The number of fused-ring (bicyclic) bond motifs is 1. The monoisotopic (exact) mass is 272 g/mol. The van der Waals surface area contributed by atoms with Crippen LogP contribution in [0.25, 0.3) is 0 Å². The van der Waals surface area contributed by atoms with Crippen molar-refractivity contribution in [3.8, 4) is 0 Å². The minimum atomic E-state index is -4.64. The van der Waals surface area contributed by atoms with Crippen LogP contribution in [-0.4, -0.2) is 17.6 Å². The van der Waals surface area contributed by atoms with Crippen LogP contribution in [0, 0.1) is 0 Å². The average molecular weight is 272 g/mol. The quantitative estimate of drug-likeness (QED) is 0.883. The highest BCUT2D eigenvalue weighted by atomic mass is 19.4. The second kappa shape index (κ2) is 4.75. The van der Waals surface area contributed by atoms with E-state index in [4.69, 9.17) is 0 Å². The lowest BCUT2D eigenvalue weighted by Gasteiger charge is -2.39. The van der Waals surface area contributed by atoms with E-state index in [9.17, 15) is 18.0 Å². The number of nitrogens with one attached hydrogen (secondary N) is 2. The number of benzene rings is 1. The molecule has 19 heavy (non-hydrogen) atoms. The molecule has 1 aliphatic rings. The Morgan fingerprint density at radius 3 is 2.42 bits per heavy atom. The number of unbranched alkanes of at least 4 members (excludes halogenated alkanes) is 1. The van der Waals surface area contributed by atoms with E-state index >= 15 is 0 Å². The van der Waals surface area contributed by atoms with Crippen molar-refractivity contribution in [2.24, 2.45) is 0 Å².